The lowest BCUT2D eigenvalue weighted by Crippen LogP contribution is -2.40. The number of hydrogen-bond acceptors (Lipinski definition) is 2. The van der Waals surface area contributed by atoms with Crippen molar-refractivity contribution in [1.82, 2.24) is 4.90 Å². The molecule has 0 spiro atoms. The van der Waals surface area contributed by atoms with E-state index in [2.05, 4.69) is 11.8 Å². The van der Waals surface area contributed by atoms with Crippen molar-refractivity contribution in [3.63, 3.8) is 0 Å². The Morgan fingerprint density at radius 2 is 2.00 bits per heavy atom. The maximum atomic E-state index is 14.0. The first kappa shape index (κ1) is 17.2. The molecule has 4 heteroatoms. The number of benzene rings is 1. The lowest BCUT2D eigenvalue weighted by atomic mass is 10.1. The molecule has 1 aromatic rings. The average Bonchev–Trinajstić information content (AvgIpc) is 2.42. The van der Waals surface area contributed by atoms with Crippen molar-refractivity contribution in [2.75, 3.05) is 13.2 Å². The van der Waals surface area contributed by atoms with Gasteiger partial charge in [-0.15, -0.1) is 0 Å². The van der Waals surface area contributed by atoms with Crippen LogP contribution in [0.25, 0.3) is 0 Å². The SMILES string of the molecule is CC(C)CN(C(=O)c1cc(C#CCO)ccc1F)C(C)C. The minimum absolute atomic E-state index is 0.00789. The van der Waals surface area contributed by atoms with Crippen molar-refractivity contribution in [3.05, 3.63) is 35.1 Å². The molecule has 0 heterocycles. The number of nitrogens with zero attached hydrogens (tertiary/aromatic N) is 1. The van der Waals surface area contributed by atoms with E-state index in [1.165, 1.54) is 18.2 Å². The van der Waals surface area contributed by atoms with Crippen LogP contribution >= 0.6 is 0 Å². The number of rotatable bonds is 4. The van der Waals surface area contributed by atoms with Crippen LogP contribution in [0.4, 0.5) is 4.39 Å². The lowest BCUT2D eigenvalue weighted by molar-refractivity contribution is 0.0677. The summed E-state index contributed by atoms with van der Waals surface area (Å²) in [5, 5.41) is 8.70. The van der Waals surface area contributed by atoms with E-state index in [1.807, 2.05) is 27.7 Å². The van der Waals surface area contributed by atoms with E-state index in [1.54, 1.807) is 4.90 Å². The topological polar surface area (TPSA) is 40.5 Å². The molecule has 0 saturated carbocycles. The molecule has 0 radical (unpaired) electrons. The average molecular weight is 291 g/mol. The molecule has 0 aliphatic heterocycles. The van der Waals surface area contributed by atoms with Gasteiger partial charge in [0.05, 0.1) is 5.56 Å². The van der Waals surface area contributed by atoms with Crippen LogP contribution in [0.1, 0.15) is 43.6 Å². The third kappa shape index (κ3) is 4.87. The van der Waals surface area contributed by atoms with E-state index < -0.39 is 5.82 Å². The van der Waals surface area contributed by atoms with Crippen molar-refractivity contribution in [1.29, 1.82) is 0 Å². The highest BCUT2D eigenvalue weighted by Crippen LogP contribution is 2.16. The smallest absolute Gasteiger partial charge is 0.257 e. The van der Waals surface area contributed by atoms with E-state index in [4.69, 9.17) is 5.11 Å². The van der Waals surface area contributed by atoms with Gasteiger partial charge >= 0.3 is 0 Å². The number of amides is 1. The van der Waals surface area contributed by atoms with Gasteiger partial charge in [-0.25, -0.2) is 4.39 Å². The zero-order valence-electron chi connectivity index (χ0n) is 13.0. The Morgan fingerprint density at radius 1 is 1.33 bits per heavy atom. The first-order chi connectivity index (χ1) is 9.86. The molecule has 1 aromatic carbocycles. The van der Waals surface area contributed by atoms with Gasteiger partial charge < -0.3 is 10.0 Å². The van der Waals surface area contributed by atoms with Crippen LogP contribution in [-0.4, -0.2) is 35.1 Å². The molecule has 3 nitrogen and oxygen atoms in total. The fourth-order valence-corrected chi connectivity index (χ4v) is 1.98. The highest BCUT2D eigenvalue weighted by Gasteiger charge is 2.22. The summed E-state index contributed by atoms with van der Waals surface area (Å²) in [5.41, 5.74) is 0.538. The van der Waals surface area contributed by atoms with Gasteiger partial charge in [0.1, 0.15) is 12.4 Å². The van der Waals surface area contributed by atoms with Gasteiger partial charge in [0.2, 0.25) is 0 Å². The van der Waals surface area contributed by atoms with E-state index in [9.17, 15) is 9.18 Å². The first-order valence-electron chi connectivity index (χ1n) is 7.07. The van der Waals surface area contributed by atoms with E-state index in [-0.39, 0.29) is 24.1 Å². The molecule has 1 N–H and O–H groups in total. The molecule has 21 heavy (non-hydrogen) atoms. The van der Waals surface area contributed by atoms with Gasteiger partial charge in [0, 0.05) is 18.2 Å². The number of hydrogen-bond donors (Lipinski definition) is 1. The summed E-state index contributed by atoms with van der Waals surface area (Å²) < 4.78 is 14.0. The van der Waals surface area contributed by atoms with Crippen LogP contribution in [0.5, 0.6) is 0 Å². The summed E-state index contributed by atoms with van der Waals surface area (Å²) in [4.78, 5) is 14.2. The second-order valence-corrected chi connectivity index (χ2v) is 5.60. The summed E-state index contributed by atoms with van der Waals surface area (Å²) in [7, 11) is 0. The Kier molecular flexibility index (Phi) is 6.39. The van der Waals surface area contributed by atoms with Crippen LogP contribution in [-0.2, 0) is 0 Å². The van der Waals surface area contributed by atoms with Gasteiger partial charge in [0.15, 0.2) is 0 Å². The Labute approximate surface area is 125 Å². The summed E-state index contributed by atoms with van der Waals surface area (Å²) in [6.07, 6.45) is 0. The second kappa shape index (κ2) is 7.80. The molecule has 0 aliphatic carbocycles. The molecule has 0 unspecified atom stereocenters. The lowest BCUT2D eigenvalue weighted by Gasteiger charge is -2.28. The van der Waals surface area contributed by atoms with Gasteiger partial charge in [-0.05, 0) is 38.0 Å². The monoisotopic (exact) mass is 291 g/mol. The molecule has 114 valence electrons. The Morgan fingerprint density at radius 3 is 2.52 bits per heavy atom. The molecule has 1 rings (SSSR count). The molecule has 0 bridgehead atoms. The van der Waals surface area contributed by atoms with Crippen LogP contribution in [0, 0.1) is 23.6 Å². The predicted molar refractivity (Wildman–Crippen MR) is 81.4 cm³/mol. The van der Waals surface area contributed by atoms with Crippen LogP contribution in [0.15, 0.2) is 18.2 Å². The van der Waals surface area contributed by atoms with Crippen molar-refractivity contribution >= 4 is 5.91 Å². The minimum atomic E-state index is -0.552. The normalized spacial score (nSPS) is 10.5. The number of carbonyl (C=O) groups is 1. The molecule has 1 amide bonds. The zero-order valence-corrected chi connectivity index (χ0v) is 13.0. The number of carbonyl (C=O) groups excluding carboxylic acids is 1. The number of halogens is 1. The van der Waals surface area contributed by atoms with Crippen LogP contribution in [0.3, 0.4) is 0 Å². The Bertz CT molecular complexity index is 556. The third-order valence-corrected chi connectivity index (χ3v) is 2.95. The zero-order chi connectivity index (χ0) is 16.0. The van der Waals surface area contributed by atoms with E-state index in [0.29, 0.717) is 18.0 Å². The highest BCUT2D eigenvalue weighted by molar-refractivity contribution is 5.95. The number of aliphatic hydroxyl groups excluding tert-OH is 1. The fourth-order valence-electron chi connectivity index (χ4n) is 1.98. The maximum absolute atomic E-state index is 14.0. The van der Waals surface area contributed by atoms with Gasteiger partial charge in [-0.3, -0.25) is 4.79 Å². The molecular formula is C17H22FNO2. The largest absolute Gasteiger partial charge is 0.384 e. The summed E-state index contributed by atoms with van der Waals surface area (Å²) in [5.74, 6) is 4.60. The second-order valence-electron chi connectivity index (χ2n) is 5.60. The fraction of sp³-hybridized carbons (Fsp3) is 0.471. The summed E-state index contributed by atoms with van der Waals surface area (Å²) >= 11 is 0. The van der Waals surface area contributed by atoms with Crippen LogP contribution in [0.2, 0.25) is 0 Å². The Hall–Kier alpha value is -1.86. The summed E-state index contributed by atoms with van der Waals surface area (Å²) in [6.45, 7) is 8.15. The van der Waals surface area contributed by atoms with Crippen LogP contribution < -0.4 is 0 Å². The van der Waals surface area contributed by atoms with E-state index in [0.717, 1.165) is 0 Å². The Balaban J connectivity index is 3.14. The van der Waals surface area contributed by atoms with Crippen molar-refractivity contribution in [2.45, 2.75) is 33.7 Å². The molecular weight excluding hydrogens is 269 g/mol. The van der Waals surface area contributed by atoms with Crippen molar-refractivity contribution in [3.8, 4) is 11.8 Å². The molecule has 0 aromatic heterocycles. The maximum Gasteiger partial charge on any atom is 0.257 e. The van der Waals surface area contributed by atoms with Crippen molar-refractivity contribution < 1.29 is 14.3 Å². The minimum Gasteiger partial charge on any atom is -0.384 e. The molecule has 0 aliphatic rings. The highest BCUT2D eigenvalue weighted by atomic mass is 19.1. The number of aliphatic hydroxyl groups is 1. The van der Waals surface area contributed by atoms with Gasteiger partial charge in [-0.2, -0.15) is 0 Å². The van der Waals surface area contributed by atoms with Gasteiger partial charge in [0.25, 0.3) is 5.91 Å². The quantitative estimate of drug-likeness (QED) is 0.866. The van der Waals surface area contributed by atoms with E-state index >= 15 is 0 Å². The molecule has 0 saturated heterocycles. The first-order valence-corrected chi connectivity index (χ1v) is 7.07. The summed E-state index contributed by atoms with van der Waals surface area (Å²) in [6, 6.07) is 4.17. The standard InChI is InChI=1S/C17H22FNO2/c1-12(2)11-19(13(3)4)17(21)15-10-14(6-5-9-20)7-8-16(15)18/h7-8,10,12-13,20H,9,11H2,1-4H3. The molecule has 0 atom stereocenters. The predicted octanol–water partition coefficient (Wildman–Crippen LogP) is 2.68. The molecule has 0 fully saturated rings. The third-order valence-electron chi connectivity index (χ3n) is 2.95. The van der Waals surface area contributed by atoms with Gasteiger partial charge in [-0.1, -0.05) is 25.7 Å². The van der Waals surface area contributed by atoms with Crippen molar-refractivity contribution in [2.24, 2.45) is 5.92 Å².